The number of H-pyrrole nitrogens is 1. The molecule has 30 heavy (non-hydrogen) atoms. The highest BCUT2D eigenvalue weighted by Gasteiger charge is 2.23. The molecule has 0 aliphatic carbocycles. The molecule has 2 aromatic heterocycles. The van der Waals surface area contributed by atoms with E-state index in [1.54, 1.807) is 18.5 Å². The van der Waals surface area contributed by atoms with Gasteiger partial charge in [-0.25, -0.2) is 9.37 Å². The molecule has 7 nitrogen and oxygen atoms in total. The summed E-state index contributed by atoms with van der Waals surface area (Å²) in [6, 6.07) is 15.5. The molecule has 150 valence electrons. The van der Waals surface area contributed by atoms with E-state index in [4.69, 9.17) is 0 Å². The minimum Gasteiger partial charge on any atom is -0.352 e. The molecule has 8 heteroatoms. The van der Waals surface area contributed by atoms with Crippen LogP contribution in [0.5, 0.6) is 0 Å². The van der Waals surface area contributed by atoms with E-state index in [1.165, 1.54) is 12.1 Å². The van der Waals surface area contributed by atoms with Crippen LogP contribution in [0.4, 0.5) is 10.2 Å². The Labute approximate surface area is 172 Å². The maximum Gasteiger partial charge on any atom is 0.254 e. The first-order valence-corrected chi connectivity index (χ1v) is 9.74. The lowest BCUT2D eigenvalue weighted by atomic mass is 10.1. The summed E-state index contributed by atoms with van der Waals surface area (Å²) in [6.07, 6.45) is 1.63. The summed E-state index contributed by atoms with van der Waals surface area (Å²) in [6.45, 7) is 2.59. The molecule has 0 radical (unpaired) electrons. The number of amides is 1. The molecule has 0 bridgehead atoms. The standard InChI is InChI=1S/C22H19FN6O/c23-17-4-1-15(2-5-17)18-7-8-21(27-26-18)28-9-11-29(12-10-28)22(30)16-3-6-19-20(13-16)25-14-24-19/h1-8,13-14H,9-12H2,(H,24,25). The van der Waals surface area contributed by atoms with Gasteiger partial charge in [0.25, 0.3) is 5.91 Å². The summed E-state index contributed by atoms with van der Waals surface area (Å²) < 4.78 is 13.1. The molecule has 1 fully saturated rings. The van der Waals surface area contributed by atoms with Crippen molar-refractivity contribution in [3.05, 3.63) is 72.3 Å². The van der Waals surface area contributed by atoms with Crippen molar-refractivity contribution in [2.24, 2.45) is 0 Å². The van der Waals surface area contributed by atoms with Gasteiger partial charge >= 0.3 is 0 Å². The number of anilines is 1. The minimum atomic E-state index is -0.278. The predicted octanol–water partition coefficient (Wildman–Crippen LogP) is 3.12. The molecule has 1 aliphatic heterocycles. The second-order valence-electron chi connectivity index (χ2n) is 7.20. The number of hydrogen-bond acceptors (Lipinski definition) is 5. The number of halogens is 1. The van der Waals surface area contributed by atoms with E-state index in [-0.39, 0.29) is 11.7 Å². The number of nitrogens with zero attached hydrogens (tertiary/aromatic N) is 5. The van der Waals surface area contributed by atoms with Gasteiger partial charge in [-0.2, -0.15) is 0 Å². The number of hydrogen-bond donors (Lipinski definition) is 1. The highest BCUT2D eigenvalue weighted by Crippen LogP contribution is 2.20. The molecule has 1 amide bonds. The number of carbonyl (C=O) groups excluding carboxylic acids is 1. The van der Waals surface area contributed by atoms with Crippen LogP contribution in [0.25, 0.3) is 22.3 Å². The van der Waals surface area contributed by atoms with Gasteiger partial charge < -0.3 is 14.8 Å². The summed E-state index contributed by atoms with van der Waals surface area (Å²) >= 11 is 0. The van der Waals surface area contributed by atoms with Crippen molar-refractivity contribution in [3.8, 4) is 11.3 Å². The normalized spacial score (nSPS) is 14.3. The summed E-state index contributed by atoms with van der Waals surface area (Å²) in [5.41, 5.74) is 3.88. The Morgan fingerprint density at radius 1 is 0.933 bits per heavy atom. The molecule has 5 rings (SSSR count). The molecule has 0 unspecified atom stereocenters. The first-order valence-electron chi connectivity index (χ1n) is 9.74. The molecule has 0 atom stereocenters. The van der Waals surface area contributed by atoms with Crippen molar-refractivity contribution in [1.82, 2.24) is 25.1 Å². The van der Waals surface area contributed by atoms with Crippen LogP contribution in [0.3, 0.4) is 0 Å². The minimum absolute atomic E-state index is 0.0175. The summed E-state index contributed by atoms with van der Waals surface area (Å²) in [7, 11) is 0. The maximum absolute atomic E-state index is 13.1. The molecule has 3 heterocycles. The van der Waals surface area contributed by atoms with Gasteiger partial charge in [-0.05, 0) is 54.6 Å². The number of aromatic amines is 1. The number of aromatic nitrogens is 4. The van der Waals surface area contributed by atoms with E-state index in [0.717, 1.165) is 22.4 Å². The van der Waals surface area contributed by atoms with Gasteiger partial charge in [-0.3, -0.25) is 4.79 Å². The monoisotopic (exact) mass is 402 g/mol. The lowest BCUT2D eigenvalue weighted by molar-refractivity contribution is 0.0746. The Hall–Kier alpha value is -3.81. The zero-order valence-electron chi connectivity index (χ0n) is 16.1. The van der Waals surface area contributed by atoms with Gasteiger partial charge in [0.05, 0.1) is 23.1 Å². The largest absolute Gasteiger partial charge is 0.352 e. The van der Waals surface area contributed by atoms with E-state index in [0.29, 0.717) is 37.4 Å². The third kappa shape index (κ3) is 3.47. The van der Waals surface area contributed by atoms with Crippen molar-refractivity contribution in [2.75, 3.05) is 31.1 Å². The van der Waals surface area contributed by atoms with Crippen LogP contribution in [0.1, 0.15) is 10.4 Å². The number of imidazole rings is 1. The first kappa shape index (κ1) is 18.2. The van der Waals surface area contributed by atoms with E-state index in [1.807, 2.05) is 35.2 Å². The van der Waals surface area contributed by atoms with Crippen LogP contribution < -0.4 is 4.90 Å². The molecule has 4 aromatic rings. The Morgan fingerprint density at radius 3 is 2.47 bits per heavy atom. The van der Waals surface area contributed by atoms with Crippen molar-refractivity contribution >= 4 is 22.8 Å². The lowest BCUT2D eigenvalue weighted by Crippen LogP contribution is -2.49. The number of benzene rings is 2. The SMILES string of the molecule is O=C(c1ccc2nc[nH]c2c1)N1CCN(c2ccc(-c3ccc(F)cc3)nn2)CC1. The number of nitrogens with one attached hydrogen (secondary N) is 1. The fraction of sp³-hybridized carbons (Fsp3) is 0.182. The smallest absolute Gasteiger partial charge is 0.254 e. The zero-order chi connectivity index (χ0) is 20.5. The van der Waals surface area contributed by atoms with Gasteiger partial charge in [-0.15, -0.1) is 10.2 Å². The number of rotatable bonds is 3. The Morgan fingerprint density at radius 2 is 1.73 bits per heavy atom. The van der Waals surface area contributed by atoms with Crippen molar-refractivity contribution in [1.29, 1.82) is 0 Å². The molecular formula is C22H19FN6O. The van der Waals surface area contributed by atoms with Crippen LogP contribution in [0, 0.1) is 5.82 Å². The summed E-state index contributed by atoms with van der Waals surface area (Å²) in [5, 5.41) is 8.60. The van der Waals surface area contributed by atoms with E-state index in [9.17, 15) is 9.18 Å². The third-order valence-electron chi connectivity index (χ3n) is 5.35. The molecular weight excluding hydrogens is 383 g/mol. The average molecular weight is 402 g/mol. The van der Waals surface area contributed by atoms with Crippen molar-refractivity contribution in [2.45, 2.75) is 0 Å². The fourth-order valence-electron chi connectivity index (χ4n) is 3.66. The fourth-order valence-corrected chi connectivity index (χ4v) is 3.66. The van der Waals surface area contributed by atoms with Crippen LogP contribution >= 0.6 is 0 Å². The van der Waals surface area contributed by atoms with E-state index < -0.39 is 0 Å². The maximum atomic E-state index is 13.1. The number of carbonyl (C=O) groups is 1. The Bertz CT molecular complexity index is 1180. The van der Waals surface area contributed by atoms with Gasteiger partial charge in [0.2, 0.25) is 0 Å². The average Bonchev–Trinajstić information content (AvgIpc) is 3.27. The molecule has 1 aliphatic rings. The quantitative estimate of drug-likeness (QED) is 0.570. The molecule has 0 spiro atoms. The molecule has 1 N–H and O–H groups in total. The highest BCUT2D eigenvalue weighted by atomic mass is 19.1. The van der Waals surface area contributed by atoms with Crippen molar-refractivity contribution < 1.29 is 9.18 Å². The second kappa shape index (κ2) is 7.55. The summed E-state index contributed by atoms with van der Waals surface area (Å²) in [4.78, 5) is 24.1. The van der Waals surface area contributed by atoms with Crippen LogP contribution in [0.15, 0.2) is 60.9 Å². The topological polar surface area (TPSA) is 78.0 Å². The highest BCUT2D eigenvalue weighted by molar-refractivity contribution is 5.97. The Balaban J connectivity index is 1.24. The third-order valence-corrected chi connectivity index (χ3v) is 5.35. The van der Waals surface area contributed by atoms with Gasteiger partial charge in [0.1, 0.15) is 5.82 Å². The zero-order valence-corrected chi connectivity index (χ0v) is 16.1. The van der Waals surface area contributed by atoms with Gasteiger partial charge in [-0.1, -0.05) is 0 Å². The lowest BCUT2D eigenvalue weighted by Gasteiger charge is -2.35. The van der Waals surface area contributed by atoms with E-state index >= 15 is 0 Å². The second-order valence-corrected chi connectivity index (χ2v) is 7.20. The van der Waals surface area contributed by atoms with Crippen LogP contribution in [0.2, 0.25) is 0 Å². The van der Waals surface area contributed by atoms with Crippen LogP contribution in [-0.4, -0.2) is 57.2 Å². The molecule has 2 aromatic carbocycles. The van der Waals surface area contributed by atoms with Gasteiger partial charge in [0, 0.05) is 37.3 Å². The number of fused-ring (bicyclic) bond motifs is 1. The first-order chi connectivity index (χ1) is 14.7. The van der Waals surface area contributed by atoms with Crippen molar-refractivity contribution in [3.63, 3.8) is 0 Å². The van der Waals surface area contributed by atoms with Crippen LogP contribution in [-0.2, 0) is 0 Å². The Kier molecular flexibility index (Phi) is 4.59. The predicted molar refractivity (Wildman–Crippen MR) is 112 cm³/mol. The molecule has 1 saturated heterocycles. The number of piperazine rings is 1. The van der Waals surface area contributed by atoms with Gasteiger partial charge in [0.15, 0.2) is 5.82 Å². The summed E-state index contributed by atoms with van der Waals surface area (Å²) in [5.74, 6) is 0.510. The molecule has 0 saturated carbocycles. The van der Waals surface area contributed by atoms with E-state index in [2.05, 4.69) is 25.1 Å².